The first-order valence-corrected chi connectivity index (χ1v) is 8.73. The van der Waals surface area contributed by atoms with Crippen LogP contribution in [-0.4, -0.2) is 31.5 Å². The Morgan fingerprint density at radius 2 is 2.00 bits per heavy atom. The highest BCUT2D eigenvalue weighted by atomic mass is 32.2. The van der Waals surface area contributed by atoms with E-state index in [1.807, 2.05) is 12.1 Å². The van der Waals surface area contributed by atoms with E-state index in [0.29, 0.717) is 0 Å². The van der Waals surface area contributed by atoms with Crippen molar-refractivity contribution in [3.63, 3.8) is 0 Å². The lowest BCUT2D eigenvalue weighted by molar-refractivity contribution is 0.581. The fourth-order valence-corrected chi connectivity index (χ4v) is 3.44. The molecule has 1 aliphatic heterocycles. The number of hydrogen-bond donors (Lipinski definition) is 1. The van der Waals surface area contributed by atoms with E-state index in [1.54, 1.807) is 18.5 Å². The number of aromatic nitrogens is 2. The summed E-state index contributed by atoms with van der Waals surface area (Å²) < 4.78 is 26.9. The molecular formula is C15H18N4O2S. The smallest absolute Gasteiger partial charge is 0.242 e. The second-order valence-electron chi connectivity index (χ2n) is 5.23. The van der Waals surface area contributed by atoms with Crippen molar-refractivity contribution in [1.29, 1.82) is 0 Å². The average molecular weight is 318 g/mol. The maximum atomic E-state index is 12.2. The largest absolute Gasteiger partial charge is 0.357 e. The predicted octanol–water partition coefficient (Wildman–Crippen LogP) is 1.56. The zero-order valence-electron chi connectivity index (χ0n) is 12.1. The van der Waals surface area contributed by atoms with E-state index in [-0.39, 0.29) is 11.4 Å². The first-order valence-electron chi connectivity index (χ1n) is 7.25. The molecule has 0 atom stereocenters. The molecule has 2 aromatic rings. The van der Waals surface area contributed by atoms with Gasteiger partial charge in [0.15, 0.2) is 0 Å². The van der Waals surface area contributed by atoms with Gasteiger partial charge < -0.3 is 4.90 Å². The summed E-state index contributed by atoms with van der Waals surface area (Å²) in [6, 6.07) is 6.90. The molecule has 6 nitrogen and oxygen atoms in total. The Labute approximate surface area is 130 Å². The van der Waals surface area contributed by atoms with Gasteiger partial charge in [-0.1, -0.05) is 0 Å². The van der Waals surface area contributed by atoms with Gasteiger partial charge in [0, 0.05) is 38.2 Å². The second-order valence-corrected chi connectivity index (χ2v) is 7.00. The molecule has 0 unspecified atom stereocenters. The zero-order chi connectivity index (χ0) is 15.4. The van der Waals surface area contributed by atoms with Gasteiger partial charge in [-0.15, -0.1) is 0 Å². The molecule has 1 saturated heterocycles. The first kappa shape index (κ1) is 14.9. The van der Waals surface area contributed by atoms with E-state index >= 15 is 0 Å². The van der Waals surface area contributed by atoms with Crippen LogP contribution in [0.15, 0.2) is 47.8 Å². The van der Waals surface area contributed by atoms with Gasteiger partial charge in [0.1, 0.15) is 10.7 Å². The highest BCUT2D eigenvalue weighted by molar-refractivity contribution is 7.89. The van der Waals surface area contributed by atoms with Crippen LogP contribution < -0.4 is 9.62 Å². The van der Waals surface area contributed by atoms with E-state index in [1.165, 1.54) is 25.1 Å². The molecule has 1 aliphatic rings. The lowest BCUT2D eigenvalue weighted by atomic mass is 10.2. The highest BCUT2D eigenvalue weighted by Gasteiger charge is 2.16. The van der Waals surface area contributed by atoms with Gasteiger partial charge in [-0.05, 0) is 42.7 Å². The molecular weight excluding hydrogens is 300 g/mol. The summed E-state index contributed by atoms with van der Waals surface area (Å²) in [5.74, 6) is 0.913. The lowest BCUT2D eigenvalue weighted by Crippen LogP contribution is -2.24. The van der Waals surface area contributed by atoms with E-state index in [0.717, 1.165) is 24.5 Å². The van der Waals surface area contributed by atoms with Gasteiger partial charge in [-0.2, -0.15) is 0 Å². The third-order valence-corrected chi connectivity index (χ3v) is 5.04. The summed E-state index contributed by atoms with van der Waals surface area (Å²) in [5.41, 5.74) is 0.893. The monoisotopic (exact) mass is 318 g/mol. The van der Waals surface area contributed by atoms with Crippen LogP contribution in [0, 0.1) is 0 Å². The number of rotatable bonds is 5. The Kier molecular flexibility index (Phi) is 4.35. The average Bonchev–Trinajstić information content (AvgIpc) is 3.09. The van der Waals surface area contributed by atoms with E-state index < -0.39 is 10.0 Å². The van der Waals surface area contributed by atoms with Crippen molar-refractivity contribution in [3.8, 4) is 0 Å². The predicted molar refractivity (Wildman–Crippen MR) is 83.9 cm³/mol. The fraction of sp³-hybridized carbons (Fsp3) is 0.333. The number of hydrogen-bond acceptors (Lipinski definition) is 5. The summed E-state index contributed by atoms with van der Waals surface area (Å²) in [5, 5.41) is 0. The summed E-state index contributed by atoms with van der Waals surface area (Å²) >= 11 is 0. The molecule has 0 aliphatic carbocycles. The maximum absolute atomic E-state index is 12.2. The van der Waals surface area contributed by atoms with Crippen LogP contribution in [0.25, 0.3) is 0 Å². The summed E-state index contributed by atoms with van der Waals surface area (Å²) in [4.78, 5) is 10.6. The van der Waals surface area contributed by atoms with Crippen molar-refractivity contribution >= 4 is 15.8 Å². The number of anilines is 1. The molecule has 2 aromatic heterocycles. The number of sulfonamides is 1. The molecule has 0 aromatic carbocycles. The lowest BCUT2D eigenvalue weighted by Gasteiger charge is -2.17. The standard InChI is InChI=1S/C15H18N4O2S/c20-22(21,14-4-3-6-16-12-14)18-11-13-5-7-17-15(10-13)19-8-1-2-9-19/h3-7,10,12,18H,1-2,8-9,11H2. The van der Waals surface area contributed by atoms with Crippen LogP contribution in [0.5, 0.6) is 0 Å². The number of nitrogens with one attached hydrogen (secondary N) is 1. The minimum atomic E-state index is -3.54. The minimum Gasteiger partial charge on any atom is -0.357 e. The van der Waals surface area contributed by atoms with Gasteiger partial charge in [-0.3, -0.25) is 4.98 Å². The van der Waals surface area contributed by atoms with Crippen molar-refractivity contribution in [3.05, 3.63) is 48.4 Å². The Balaban J connectivity index is 1.70. The third kappa shape index (κ3) is 3.42. The molecule has 116 valence electrons. The van der Waals surface area contributed by atoms with Gasteiger partial charge >= 0.3 is 0 Å². The number of nitrogens with zero attached hydrogens (tertiary/aromatic N) is 3. The van der Waals surface area contributed by atoms with Crippen molar-refractivity contribution < 1.29 is 8.42 Å². The van der Waals surface area contributed by atoms with E-state index in [9.17, 15) is 8.42 Å². The summed E-state index contributed by atoms with van der Waals surface area (Å²) in [6.45, 7) is 2.26. The summed E-state index contributed by atoms with van der Waals surface area (Å²) in [7, 11) is -3.54. The molecule has 7 heteroatoms. The highest BCUT2D eigenvalue weighted by Crippen LogP contribution is 2.18. The van der Waals surface area contributed by atoms with Gasteiger partial charge in [-0.25, -0.2) is 18.1 Å². The Morgan fingerprint density at radius 3 is 2.73 bits per heavy atom. The normalized spacial score (nSPS) is 15.2. The maximum Gasteiger partial charge on any atom is 0.242 e. The van der Waals surface area contributed by atoms with Crippen LogP contribution in [0.2, 0.25) is 0 Å². The second kappa shape index (κ2) is 6.41. The van der Waals surface area contributed by atoms with Crippen LogP contribution in [-0.2, 0) is 16.6 Å². The molecule has 0 spiro atoms. The molecule has 1 fully saturated rings. The summed E-state index contributed by atoms with van der Waals surface area (Å²) in [6.07, 6.45) is 6.97. The molecule has 0 amide bonds. The molecule has 0 saturated carbocycles. The van der Waals surface area contributed by atoms with Crippen LogP contribution in [0.1, 0.15) is 18.4 Å². The van der Waals surface area contributed by atoms with Crippen molar-refractivity contribution in [2.24, 2.45) is 0 Å². The topological polar surface area (TPSA) is 75.2 Å². The Bertz CT molecular complexity index is 728. The van der Waals surface area contributed by atoms with Gasteiger partial charge in [0.05, 0.1) is 0 Å². The molecule has 0 radical (unpaired) electrons. The SMILES string of the molecule is O=S(=O)(NCc1ccnc(N2CCCC2)c1)c1cccnc1. The number of pyridine rings is 2. The zero-order valence-corrected chi connectivity index (χ0v) is 13.0. The van der Waals surface area contributed by atoms with E-state index in [4.69, 9.17) is 0 Å². The molecule has 1 N–H and O–H groups in total. The molecule has 0 bridgehead atoms. The van der Waals surface area contributed by atoms with E-state index in [2.05, 4.69) is 19.6 Å². The van der Waals surface area contributed by atoms with Crippen LogP contribution >= 0.6 is 0 Å². The van der Waals surface area contributed by atoms with Crippen molar-refractivity contribution in [2.75, 3.05) is 18.0 Å². The van der Waals surface area contributed by atoms with Crippen molar-refractivity contribution in [2.45, 2.75) is 24.3 Å². The molecule has 3 heterocycles. The Morgan fingerprint density at radius 1 is 1.18 bits per heavy atom. The minimum absolute atomic E-state index is 0.170. The van der Waals surface area contributed by atoms with Crippen LogP contribution in [0.4, 0.5) is 5.82 Å². The third-order valence-electron chi connectivity index (χ3n) is 3.65. The quantitative estimate of drug-likeness (QED) is 0.905. The van der Waals surface area contributed by atoms with Gasteiger partial charge in [0.25, 0.3) is 0 Å². The van der Waals surface area contributed by atoms with Gasteiger partial charge in [0.2, 0.25) is 10.0 Å². The Hall–Kier alpha value is -1.99. The first-order chi connectivity index (χ1) is 10.6. The van der Waals surface area contributed by atoms with Crippen molar-refractivity contribution in [1.82, 2.24) is 14.7 Å². The van der Waals surface area contributed by atoms with Crippen LogP contribution in [0.3, 0.4) is 0 Å². The molecule has 22 heavy (non-hydrogen) atoms. The molecule has 3 rings (SSSR count). The fourth-order valence-electron chi connectivity index (χ4n) is 2.46.